The first kappa shape index (κ1) is 18.3. The highest BCUT2D eigenvalue weighted by Gasteiger charge is 2.15. The van der Waals surface area contributed by atoms with Crippen LogP contribution in [0.15, 0.2) is 36.3 Å². The highest BCUT2D eigenvalue weighted by molar-refractivity contribution is 7.91. The average Bonchev–Trinajstić information content (AvgIpc) is 2.44. The van der Waals surface area contributed by atoms with Crippen molar-refractivity contribution in [2.45, 2.75) is 18.0 Å². The Hall–Kier alpha value is -2.11. The molecule has 96 valence electrons. The highest BCUT2D eigenvalue weighted by atomic mass is 32.2. The number of hydrogen-bond acceptors (Lipinski definition) is 4. The molecule has 0 aliphatic heterocycles. The van der Waals surface area contributed by atoms with Gasteiger partial charge in [0.25, 0.3) is 0 Å². The van der Waals surface area contributed by atoms with Gasteiger partial charge in [-0.3, -0.25) is 0 Å². The van der Waals surface area contributed by atoms with E-state index in [9.17, 15) is 8.42 Å². The molecular weight excluding hydrogens is 248 g/mol. The van der Waals surface area contributed by atoms with Gasteiger partial charge in [-0.1, -0.05) is 6.08 Å². The van der Waals surface area contributed by atoms with Crippen molar-refractivity contribution >= 4 is 9.84 Å². The summed E-state index contributed by atoms with van der Waals surface area (Å²) in [5.41, 5.74) is 0. The third kappa shape index (κ3) is 7.21. The lowest BCUT2D eigenvalue weighted by molar-refractivity contribution is 0.584. The fourth-order valence-electron chi connectivity index (χ4n) is 0.955. The number of hydrogen-bond donors (Lipinski definition) is 0. The molecule has 0 fully saturated rings. The number of aromatic nitrogens is 2. The van der Waals surface area contributed by atoms with Gasteiger partial charge >= 0.3 is 0 Å². The summed E-state index contributed by atoms with van der Waals surface area (Å²) in [6.45, 7) is 3.53. The van der Waals surface area contributed by atoms with Gasteiger partial charge in [-0.05, 0) is 18.9 Å². The second-order valence-electron chi connectivity index (χ2n) is 2.78. The van der Waals surface area contributed by atoms with Gasteiger partial charge < -0.3 is 0 Å². The molecule has 0 aliphatic rings. The lowest BCUT2D eigenvalue weighted by atomic mass is 10.3. The minimum absolute atomic E-state index is 0.0725. The lowest BCUT2D eigenvalue weighted by Crippen LogP contribution is -2.10. The molecule has 0 aromatic carbocycles. The Bertz CT molecular complexity index is 456. The monoisotopic (exact) mass is 264 g/mol. The molecule has 0 N–H and O–H groups in total. The van der Waals surface area contributed by atoms with Crippen LogP contribution >= 0.6 is 0 Å². The number of rotatable bonds is 5. The van der Waals surface area contributed by atoms with E-state index < -0.39 is 9.84 Å². The van der Waals surface area contributed by atoms with Crippen LogP contribution in [0.1, 0.15) is 12.8 Å². The largest absolute Gasteiger partial charge is 0.246 e. The first-order chi connectivity index (χ1) is 8.67. The third-order valence-corrected chi connectivity index (χ3v) is 3.23. The fourth-order valence-corrected chi connectivity index (χ4v) is 2.13. The maximum atomic E-state index is 11.5. The van der Waals surface area contributed by atoms with Gasteiger partial charge in [0.1, 0.15) is 0 Å². The molecule has 0 bridgehead atoms. The predicted octanol–water partition coefficient (Wildman–Crippen LogP) is 1.72. The first-order valence-corrected chi connectivity index (χ1v) is 6.59. The average molecular weight is 264 g/mol. The van der Waals surface area contributed by atoms with Crippen molar-refractivity contribution in [2.24, 2.45) is 0 Å². The van der Waals surface area contributed by atoms with Gasteiger partial charge in [0.05, 0.1) is 5.75 Å². The van der Waals surface area contributed by atoms with E-state index in [1.54, 1.807) is 12.1 Å². The Morgan fingerprint density at radius 2 is 1.67 bits per heavy atom. The zero-order valence-electron chi connectivity index (χ0n) is 10.1. The topological polar surface area (TPSA) is 59.9 Å². The van der Waals surface area contributed by atoms with Crippen molar-refractivity contribution in [3.8, 4) is 25.7 Å². The Kier molecular flexibility index (Phi) is 11.5. The Labute approximate surface area is 109 Å². The van der Waals surface area contributed by atoms with Crippen LogP contribution < -0.4 is 0 Å². The second kappa shape index (κ2) is 11.4. The predicted molar refractivity (Wildman–Crippen MR) is 73.3 cm³/mol. The van der Waals surface area contributed by atoms with Gasteiger partial charge in [0.2, 0.25) is 15.0 Å². The third-order valence-electron chi connectivity index (χ3n) is 1.64. The van der Waals surface area contributed by atoms with E-state index in [4.69, 9.17) is 0 Å². The van der Waals surface area contributed by atoms with Crippen LogP contribution in [0.2, 0.25) is 0 Å². The quantitative estimate of drug-likeness (QED) is 0.351. The molecule has 4 nitrogen and oxygen atoms in total. The van der Waals surface area contributed by atoms with Crippen LogP contribution in [-0.2, 0) is 9.84 Å². The Morgan fingerprint density at radius 3 is 2.11 bits per heavy atom. The van der Waals surface area contributed by atoms with Crippen LogP contribution in [0.25, 0.3) is 0 Å². The van der Waals surface area contributed by atoms with Gasteiger partial charge in [0, 0.05) is 12.4 Å². The molecule has 1 aromatic heterocycles. The normalized spacial score (nSPS) is 8.89. The van der Waals surface area contributed by atoms with Gasteiger partial charge in [-0.15, -0.1) is 32.3 Å². The number of terminal acetylenes is 2. The molecule has 1 heterocycles. The van der Waals surface area contributed by atoms with Gasteiger partial charge in [-0.2, -0.15) is 0 Å². The highest BCUT2D eigenvalue weighted by Crippen LogP contribution is 2.05. The number of nitrogens with zero attached hydrogens (tertiary/aromatic N) is 2. The van der Waals surface area contributed by atoms with Crippen molar-refractivity contribution in [1.82, 2.24) is 9.97 Å². The molecule has 1 rings (SSSR count). The maximum Gasteiger partial charge on any atom is 0.246 e. The summed E-state index contributed by atoms with van der Waals surface area (Å²) in [5.74, 6) is 0.0725. The van der Waals surface area contributed by atoms with Crippen LogP contribution in [0.4, 0.5) is 0 Å². The Morgan fingerprint density at radius 1 is 1.17 bits per heavy atom. The van der Waals surface area contributed by atoms with Crippen LogP contribution in [-0.4, -0.2) is 24.1 Å². The minimum Gasteiger partial charge on any atom is -0.227 e. The van der Waals surface area contributed by atoms with Crippen molar-refractivity contribution in [2.75, 3.05) is 5.75 Å². The second-order valence-corrected chi connectivity index (χ2v) is 4.78. The standard InChI is InChI=1S/C9H12N2O2S.2C2H2/c1-2-3-4-8-14(12,13)9-10-6-5-7-11-9;2*1-2/h2,5-7H,1,3-4,8H2;2*1-2H. The summed E-state index contributed by atoms with van der Waals surface area (Å²) >= 11 is 0. The van der Waals surface area contributed by atoms with E-state index >= 15 is 0 Å². The van der Waals surface area contributed by atoms with E-state index in [2.05, 4.69) is 42.2 Å². The number of sulfone groups is 1. The maximum absolute atomic E-state index is 11.5. The van der Waals surface area contributed by atoms with Gasteiger partial charge in [0.15, 0.2) is 0 Å². The Balaban J connectivity index is 0. The zero-order chi connectivity index (χ0) is 14.4. The van der Waals surface area contributed by atoms with Crippen molar-refractivity contribution in [1.29, 1.82) is 0 Å². The first-order valence-electron chi connectivity index (χ1n) is 4.94. The molecule has 18 heavy (non-hydrogen) atoms. The van der Waals surface area contributed by atoms with Gasteiger partial charge in [-0.25, -0.2) is 18.4 Å². The molecule has 0 saturated heterocycles. The minimum atomic E-state index is -3.30. The molecule has 1 aromatic rings. The molecule has 0 amide bonds. The fraction of sp³-hybridized carbons (Fsp3) is 0.231. The molecule has 0 unspecified atom stereocenters. The van der Waals surface area contributed by atoms with E-state index in [0.29, 0.717) is 12.8 Å². The summed E-state index contributed by atoms with van der Waals surface area (Å²) in [4.78, 5) is 7.41. The molecule has 0 atom stereocenters. The number of unbranched alkanes of at least 4 members (excludes halogenated alkanes) is 1. The molecule has 0 spiro atoms. The summed E-state index contributed by atoms with van der Waals surface area (Å²) < 4.78 is 23.1. The summed E-state index contributed by atoms with van der Waals surface area (Å²) in [6, 6.07) is 1.59. The van der Waals surface area contributed by atoms with E-state index in [1.165, 1.54) is 12.4 Å². The van der Waals surface area contributed by atoms with Crippen LogP contribution in [0.3, 0.4) is 0 Å². The van der Waals surface area contributed by atoms with Crippen molar-refractivity contribution in [3.63, 3.8) is 0 Å². The molecule has 0 aliphatic carbocycles. The van der Waals surface area contributed by atoms with E-state index in [-0.39, 0.29) is 10.9 Å². The summed E-state index contributed by atoms with van der Waals surface area (Å²) in [5, 5.41) is -0.0935. The molecule has 0 saturated carbocycles. The smallest absolute Gasteiger partial charge is 0.227 e. The van der Waals surface area contributed by atoms with E-state index in [1.807, 2.05) is 0 Å². The lowest BCUT2D eigenvalue weighted by Gasteiger charge is -1.99. The van der Waals surface area contributed by atoms with Crippen LogP contribution in [0, 0.1) is 25.7 Å². The van der Waals surface area contributed by atoms with E-state index in [0.717, 1.165) is 0 Å². The zero-order valence-corrected chi connectivity index (χ0v) is 10.9. The van der Waals surface area contributed by atoms with Crippen LogP contribution in [0.5, 0.6) is 0 Å². The summed E-state index contributed by atoms with van der Waals surface area (Å²) in [7, 11) is -3.30. The number of allylic oxidation sites excluding steroid dienone is 1. The SMILES string of the molecule is C#C.C#C.C=CCCCS(=O)(=O)c1ncccn1. The van der Waals surface area contributed by atoms with Crippen molar-refractivity contribution < 1.29 is 8.42 Å². The molecule has 0 radical (unpaired) electrons. The summed E-state index contributed by atoms with van der Waals surface area (Å²) in [6.07, 6.45) is 21.8. The molecule has 5 heteroatoms. The van der Waals surface area contributed by atoms with Crippen molar-refractivity contribution in [3.05, 3.63) is 31.1 Å². The molecular formula is C13H16N2O2S.